The minimum absolute atomic E-state index is 0.234. The zero-order chi connectivity index (χ0) is 22.6. The summed E-state index contributed by atoms with van der Waals surface area (Å²) in [6.45, 7) is 1.77. The molecule has 6 nitrogen and oxygen atoms in total. The first kappa shape index (κ1) is 27.8. The number of carboxylic acids is 1. The summed E-state index contributed by atoms with van der Waals surface area (Å²) in [7, 11) is 0. The van der Waals surface area contributed by atoms with Gasteiger partial charge in [-0.2, -0.15) is 0 Å². The van der Waals surface area contributed by atoms with Crippen LogP contribution in [-0.2, 0) is 4.79 Å². The topological polar surface area (TPSA) is 118 Å². The van der Waals surface area contributed by atoms with E-state index in [9.17, 15) is 20.1 Å². The Hall–Kier alpha value is -2.25. The van der Waals surface area contributed by atoms with Crippen molar-refractivity contribution in [3.8, 4) is 0 Å². The number of aliphatic hydroxyl groups excluding tert-OH is 4. The molecular formula is C24H36O6. The van der Waals surface area contributed by atoms with Gasteiger partial charge in [-0.1, -0.05) is 66.8 Å². The Morgan fingerprint density at radius 2 is 1.40 bits per heavy atom. The first-order valence-corrected chi connectivity index (χ1v) is 10.3. The third-order valence-corrected chi connectivity index (χ3v) is 3.94. The molecule has 0 spiro atoms. The molecule has 0 aromatic rings. The molecule has 0 aliphatic rings. The number of unbranched alkanes of at least 4 members (excludes halogenated alkanes) is 1. The van der Waals surface area contributed by atoms with E-state index in [0.717, 1.165) is 25.3 Å². The summed E-state index contributed by atoms with van der Waals surface area (Å²) < 4.78 is 0. The van der Waals surface area contributed by atoms with Gasteiger partial charge in [-0.25, -0.2) is 4.79 Å². The smallest absolute Gasteiger partial charge is 0.328 e. The van der Waals surface area contributed by atoms with E-state index in [1.807, 2.05) is 12.2 Å². The SMILES string of the molecule is CC(O)CCC/C=C/C=C/C(O)CC(O)C/C=C\C=C\C(O)C/C=C/C=C\C(=O)O. The minimum Gasteiger partial charge on any atom is -0.478 e. The van der Waals surface area contributed by atoms with Gasteiger partial charge in [0, 0.05) is 12.5 Å². The molecule has 6 heteroatoms. The van der Waals surface area contributed by atoms with Gasteiger partial charge in [0.2, 0.25) is 0 Å². The van der Waals surface area contributed by atoms with Gasteiger partial charge < -0.3 is 25.5 Å². The number of carbonyl (C=O) groups is 1. The zero-order valence-corrected chi connectivity index (χ0v) is 17.6. The summed E-state index contributed by atoms with van der Waals surface area (Å²) in [6.07, 6.45) is 20.8. The van der Waals surface area contributed by atoms with Crippen molar-refractivity contribution < 1.29 is 30.3 Å². The van der Waals surface area contributed by atoms with Crippen molar-refractivity contribution >= 4 is 5.97 Å². The number of hydrogen-bond acceptors (Lipinski definition) is 5. The second kappa shape index (κ2) is 18.8. The van der Waals surface area contributed by atoms with E-state index in [2.05, 4.69) is 0 Å². The Morgan fingerprint density at radius 1 is 0.800 bits per heavy atom. The molecule has 0 amide bonds. The molecule has 0 rings (SSSR count). The molecule has 0 aliphatic heterocycles. The van der Waals surface area contributed by atoms with Gasteiger partial charge in [-0.05, 0) is 39.0 Å². The molecular weight excluding hydrogens is 384 g/mol. The lowest BCUT2D eigenvalue weighted by atomic mass is 10.1. The average Bonchev–Trinajstić information content (AvgIpc) is 2.66. The van der Waals surface area contributed by atoms with Crippen LogP contribution in [0.15, 0.2) is 72.9 Å². The van der Waals surface area contributed by atoms with Gasteiger partial charge >= 0.3 is 5.97 Å². The third kappa shape index (κ3) is 20.5. The molecule has 0 aromatic heterocycles. The Bertz CT molecular complexity index is 613. The third-order valence-electron chi connectivity index (χ3n) is 3.94. The van der Waals surface area contributed by atoms with Gasteiger partial charge in [0.15, 0.2) is 0 Å². The summed E-state index contributed by atoms with van der Waals surface area (Å²) in [6, 6.07) is 0. The molecule has 0 aromatic carbocycles. The Balaban J connectivity index is 3.99. The summed E-state index contributed by atoms with van der Waals surface area (Å²) in [4.78, 5) is 10.3. The number of allylic oxidation sites excluding steroid dienone is 7. The molecule has 0 fully saturated rings. The fourth-order valence-electron chi connectivity index (χ4n) is 2.37. The van der Waals surface area contributed by atoms with Crippen LogP contribution < -0.4 is 0 Å². The summed E-state index contributed by atoms with van der Waals surface area (Å²) >= 11 is 0. The highest BCUT2D eigenvalue weighted by molar-refractivity contribution is 5.80. The van der Waals surface area contributed by atoms with E-state index >= 15 is 0 Å². The molecule has 0 bridgehead atoms. The number of carboxylic acid groups (broad SMARTS) is 1. The molecule has 4 atom stereocenters. The van der Waals surface area contributed by atoms with Crippen LogP contribution in [0, 0.1) is 0 Å². The second-order valence-electron chi connectivity index (χ2n) is 7.03. The van der Waals surface area contributed by atoms with Crippen molar-refractivity contribution in [2.24, 2.45) is 0 Å². The maximum absolute atomic E-state index is 10.3. The molecule has 168 valence electrons. The van der Waals surface area contributed by atoms with Crippen molar-refractivity contribution in [2.75, 3.05) is 0 Å². The van der Waals surface area contributed by atoms with Gasteiger partial charge in [0.05, 0.1) is 24.4 Å². The largest absolute Gasteiger partial charge is 0.478 e. The van der Waals surface area contributed by atoms with Crippen molar-refractivity contribution in [1.29, 1.82) is 0 Å². The molecule has 0 aliphatic carbocycles. The summed E-state index contributed by atoms with van der Waals surface area (Å²) in [5.41, 5.74) is 0. The monoisotopic (exact) mass is 420 g/mol. The summed E-state index contributed by atoms with van der Waals surface area (Å²) in [5, 5.41) is 47.2. The van der Waals surface area contributed by atoms with Gasteiger partial charge in [0.25, 0.3) is 0 Å². The van der Waals surface area contributed by atoms with Gasteiger partial charge in [-0.3, -0.25) is 0 Å². The fraction of sp³-hybridized carbons (Fsp3) is 0.458. The van der Waals surface area contributed by atoms with Gasteiger partial charge in [-0.15, -0.1) is 0 Å². The van der Waals surface area contributed by atoms with Crippen LogP contribution in [0.2, 0.25) is 0 Å². The maximum Gasteiger partial charge on any atom is 0.328 e. The zero-order valence-electron chi connectivity index (χ0n) is 17.6. The van der Waals surface area contributed by atoms with Gasteiger partial charge in [0.1, 0.15) is 0 Å². The Labute approximate surface area is 179 Å². The summed E-state index contributed by atoms with van der Waals surface area (Å²) in [5.74, 6) is -1.02. The average molecular weight is 421 g/mol. The number of rotatable bonds is 16. The van der Waals surface area contributed by atoms with Crippen LogP contribution in [0.25, 0.3) is 0 Å². The lowest BCUT2D eigenvalue weighted by Gasteiger charge is -2.10. The van der Waals surface area contributed by atoms with E-state index < -0.39 is 24.3 Å². The molecule has 0 saturated heterocycles. The van der Waals surface area contributed by atoms with Crippen LogP contribution in [0.4, 0.5) is 0 Å². The van der Waals surface area contributed by atoms with E-state index in [1.54, 1.807) is 55.5 Å². The first-order chi connectivity index (χ1) is 14.3. The van der Waals surface area contributed by atoms with Crippen LogP contribution in [0.3, 0.4) is 0 Å². The van der Waals surface area contributed by atoms with Crippen molar-refractivity contribution in [2.45, 2.75) is 69.9 Å². The highest BCUT2D eigenvalue weighted by atomic mass is 16.4. The fourth-order valence-corrected chi connectivity index (χ4v) is 2.37. The number of aliphatic hydroxyl groups is 4. The quantitative estimate of drug-likeness (QED) is 0.149. The molecule has 0 radical (unpaired) electrons. The van der Waals surface area contributed by atoms with Crippen LogP contribution in [0.1, 0.15) is 45.4 Å². The lowest BCUT2D eigenvalue weighted by molar-refractivity contribution is -0.131. The van der Waals surface area contributed by atoms with Crippen molar-refractivity contribution in [3.05, 3.63) is 72.9 Å². The standard InChI is InChI=1S/C24H36O6/c1-20(25)13-7-3-2-4-8-16-22(27)19-23(28)17-11-5-9-14-21(26)15-10-6-12-18-24(29)30/h2,4-6,8-12,14,16,18,20-23,25-28H,3,7,13,15,17,19H2,1H3,(H,29,30)/b4-2+,10-6+,11-5-,14-9+,16-8+,18-12-. The van der Waals surface area contributed by atoms with E-state index in [0.29, 0.717) is 12.8 Å². The maximum atomic E-state index is 10.3. The normalized spacial score (nSPS) is 17.2. The number of aliphatic carboxylic acids is 1. The van der Waals surface area contributed by atoms with E-state index in [4.69, 9.17) is 10.2 Å². The van der Waals surface area contributed by atoms with Crippen LogP contribution in [0.5, 0.6) is 0 Å². The molecule has 0 heterocycles. The minimum atomic E-state index is -1.02. The Kier molecular flexibility index (Phi) is 17.4. The molecule has 5 N–H and O–H groups in total. The van der Waals surface area contributed by atoms with Crippen molar-refractivity contribution in [1.82, 2.24) is 0 Å². The lowest BCUT2D eigenvalue weighted by Crippen LogP contribution is -2.14. The predicted molar refractivity (Wildman–Crippen MR) is 120 cm³/mol. The van der Waals surface area contributed by atoms with Crippen LogP contribution in [-0.4, -0.2) is 55.9 Å². The highest BCUT2D eigenvalue weighted by Crippen LogP contribution is 2.06. The Morgan fingerprint density at radius 3 is 2.07 bits per heavy atom. The second-order valence-corrected chi connectivity index (χ2v) is 7.03. The molecule has 4 unspecified atom stereocenters. The number of hydrogen-bond donors (Lipinski definition) is 5. The first-order valence-electron chi connectivity index (χ1n) is 10.3. The van der Waals surface area contributed by atoms with E-state index in [-0.39, 0.29) is 12.5 Å². The van der Waals surface area contributed by atoms with Crippen molar-refractivity contribution in [3.63, 3.8) is 0 Å². The molecule has 30 heavy (non-hydrogen) atoms. The highest BCUT2D eigenvalue weighted by Gasteiger charge is 2.07. The van der Waals surface area contributed by atoms with Crippen LogP contribution >= 0.6 is 0 Å². The molecule has 0 saturated carbocycles. The predicted octanol–water partition coefficient (Wildman–Crippen LogP) is 3.21. The van der Waals surface area contributed by atoms with E-state index in [1.165, 1.54) is 6.08 Å².